The van der Waals surface area contributed by atoms with Gasteiger partial charge in [-0.2, -0.15) is 0 Å². The minimum Gasteiger partial charge on any atom is -0.378 e. The topological polar surface area (TPSA) is 73.9 Å². The van der Waals surface area contributed by atoms with Crippen molar-refractivity contribution in [3.8, 4) is 0 Å². The van der Waals surface area contributed by atoms with Crippen LogP contribution in [0, 0.1) is 6.92 Å². The fraction of sp³-hybridized carbons (Fsp3) is 0.579. The van der Waals surface area contributed by atoms with Crippen LogP contribution in [-0.4, -0.2) is 55.9 Å². The molecule has 0 radical (unpaired) electrons. The van der Waals surface area contributed by atoms with Gasteiger partial charge in [0.05, 0.1) is 11.3 Å². The summed E-state index contributed by atoms with van der Waals surface area (Å²) in [6, 6.07) is 5.46. The number of anilines is 2. The summed E-state index contributed by atoms with van der Waals surface area (Å²) in [6.45, 7) is 6.70. The van der Waals surface area contributed by atoms with Crippen LogP contribution in [0.15, 0.2) is 18.2 Å². The summed E-state index contributed by atoms with van der Waals surface area (Å²) in [5, 5.41) is 5.83. The molecule has 0 aromatic heterocycles. The number of nitrogens with one attached hydrogen (secondary N) is 2. The molecular formula is C19H28N4O3. The number of nitrogens with zero attached hydrogens (tertiary/aromatic N) is 2. The molecule has 7 nitrogen and oxygen atoms in total. The summed E-state index contributed by atoms with van der Waals surface area (Å²) in [4.78, 5) is 28.2. The number of ether oxygens (including phenoxy) is 1. The summed E-state index contributed by atoms with van der Waals surface area (Å²) in [7, 11) is 1.74. The van der Waals surface area contributed by atoms with Crippen LogP contribution in [0.1, 0.15) is 31.7 Å². The molecule has 0 spiro atoms. The van der Waals surface area contributed by atoms with E-state index in [9.17, 15) is 9.59 Å². The van der Waals surface area contributed by atoms with Gasteiger partial charge in [0.1, 0.15) is 0 Å². The van der Waals surface area contributed by atoms with Crippen molar-refractivity contribution in [1.82, 2.24) is 10.2 Å². The fourth-order valence-corrected chi connectivity index (χ4v) is 3.61. The molecule has 0 bridgehead atoms. The Morgan fingerprint density at radius 3 is 2.77 bits per heavy atom. The zero-order valence-corrected chi connectivity index (χ0v) is 15.8. The molecule has 7 heteroatoms. The van der Waals surface area contributed by atoms with E-state index < -0.39 is 0 Å². The molecule has 2 fully saturated rings. The second-order valence-electron chi connectivity index (χ2n) is 7.26. The van der Waals surface area contributed by atoms with E-state index in [1.807, 2.05) is 30.0 Å². The molecule has 4 amide bonds. The second kappa shape index (κ2) is 7.53. The van der Waals surface area contributed by atoms with Gasteiger partial charge in [0.15, 0.2) is 0 Å². The number of methoxy groups -OCH3 is 1. The Bertz CT molecular complexity index is 693. The largest absolute Gasteiger partial charge is 0.378 e. The number of likely N-dealkylation sites (tertiary alicyclic amines) is 1. The Hall–Kier alpha value is -2.28. The van der Waals surface area contributed by atoms with E-state index in [1.165, 1.54) is 0 Å². The number of hydrogen-bond acceptors (Lipinski definition) is 3. The van der Waals surface area contributed by atoms with Crippen molar-refractivity contribution >= 4 is 23.4 Å². The van der Waals surface area contributed by atoms with Gasteiger partial charge < -0.3 is 20.3 Å². The third kappa shape index (κ3) is 3.77. The van der Waals surface area contributed by atoms with Gasteiger partial charge >= 0.3 is 12.1 Å². The van der Waals surface area contributed by atoms with Crippen molar-refractivity contribution < 1.29 is 14.3 Å². The van der Waals surface area contributed by atoms with Crippen molar-refractivity contribution in [2.45, 2.75) is 38.7 Å². The van der Waals surface area contributed by atoms with Gasteiger partial charge in [0, 0.05) is 39.0 Å². The van der Waals surface area contributed by atoms with Gasteiger partial charge in [-0.1, -0.05) is 6.07 Å². The number of carbonyl (C=O) groups excluding carboxylic acids is 2. The number of carbonyl (C=O) groups is 2. The molecule has 2 aliphatic rings. The normalized spacial score (nSPS) is 23.6. The molecule has 26 heavy (non-hydrogen) atoms. The summed E-state index contributed by atoms with van der Waals surface area (Å²) in [6.07, 6.45) is 2.69. The van der Waals surface area contributed by atoms with Crippen LogP contribution in [-0.2, 0) is 4.74 Å². The highest BCUT2D eigenvalue weighted by Gasteiger charge is 2.29. The first-order valence-electron chi connectivity index (χ1n) is 9.19. The van der Waals surface area contributed by atoms with Crippen molar-refractivity contribution in [2.75, 3.05) is 43.5 Å². The fourth-order valence-electron chi connectivity index (χ4n) is 3.61. The summed E-state index contributed by atoms with van der Waals surface area (Å²) >= 11 is 0. The number of benzene rings is 1. The number of rotatable bonds is 3. The molecule has 1 atom stereocenters. The van der Waals surface area contributed by atoms with E-state index in [2.05, 4.69) is 17.6 Å². The number of hydrogen-bond donors (Lipinski definition) is 2. The van der Waals surface area contributed by atoms with Crippen molar-refractivity contribution in [2.24, 2.45) is 0 Å². The Morgan fingerprint density at radius 1 is 1.27 bits per heavy atom. The van der Waals surface area contributed by atoms with Gasteiger partial charge in [0.2, 0.25) is 0 Å². The van der Waals surface area contributed by atoms with Crippen LogP contribution < -0.4 is 15.5 Å². The molecule has 0 aliphatic carbocycles. The molecule has 142 valence electrons. The zero-order valence-electron chi connectivity index (χ0n) is 15.8. The molecule has 1 aromatic carbocycles. The molecule has 2 aliphatic heterocycles. The van der Waals surface area contributed by atoms with E-state index in [0.29, 0.717) is 19.6 Å². The maximum Gasteiger partial charge on any atom is 0.322 e. The Balaban J connectivity index is 1.71. The molecule has 1 aromatic rings. The lowest BCUT2D eigenvalue weighted by Crippen LogP contribution is -2.37. The average Bonchev–Trinajstić information content (AvgIpc) is 2.94. The van der Waals surface area contributed by atoms with Crippen LogP contribution >= 0.6 is 0 Å². The molecular weight excluding hydrogens is 332 g/mol. The Kier molecular flexibility index (Phi) is 5.36. The van der Waals surface area contributed by atoms with E-state index >= 15 is 0 Å². The van der Waals surface area contributed by atoms with Gasteiger partial charge in [0.25, 0.3) is 0 Å². The Morgan fingerprint density at radius 2 is 2.08 bits per heavy atom. The van der Waals surface area contributed by atoms with Gasteiger partial charge in [-0.3, -0.25) is 4.90 Å². The average molecular weight is 360 g/mol. The van der Waals surface area contributed by atoms with Crippen LogP contribution in [0.3, 0.4) is 0 Å². The minimum atomic E-state index is -0.159. The lowest BCUT2D eigenvalue weighted by molar-refractivity contribution is -0.00492. The third-order valence-electron chi connectivity index (χ3n) is 5.52. The molecule has 0 saturated carbocycles. The zero-order chi connectivity index (χ0) is 18.7. The van der Waals surface area contributed by atoms with Crippen LogP contribution in [0.5, 0.6) is 0 Å². The monoisotopic (exact) mass is 360 g/mol. The van der Waals surface area contributed by atoms with Gasteiger partial charge in [-0.15, -0.1) is 0 Å². The molecule has 2 heterocycles. The van der Waals surface area contributed by atoms with Crippen molar-refractivity contribution in [3.05, 3.63) is 23.8 Å². The number of urea groups is 2. The second-order valence-corrected chi connectivity index (χ2v) is 7.26. The third-order valence-corrected chi connectivity index (χ3v) is 5.52. The molecule has 2 saturated heterocycles. The first kappa shape index (κ1) is 18.5. The lowest BCUT2D eigenvalue weighted by atomic mass is 9.97. The van der Waals surface area contributed by atoms with Crippen LogP contribution in [0.4, 0.5) is 21.0 Å². The van der Waals surface area contributed by atoms with Gasteiger partial charge in [-0.25, -0.2) is 9.59 Å². The van der Waals surface area contributed by atoms with Crippen LogP contribution in [0.2, 0.25) is 0 Å². The summed E-state index contributed by atoms with van der Waals surface area (Å²) in [5.74, 6) is 0. The maximum absolute atomic E-state index is 12.7. The maximum atomic E-state index is 12.7. The van der Waals surface area contributed by atoms with Gasteiger partial charge in [-0.05, 0) is 50.8 Å². The summed E-state index contributed by atoms with van der Waals surface area (Å²) in [5.41, 5.74) is 2.31. The highest BCUT2D eigenvalue weighted by atomic mass is 16.5. The highest BCUT2D eigenvalue weighted by molar-refractivity contribution is 5.97. The van der Waals surface area contributed by atoms with Crippen molar-refractivity contribution in [3.63, 3.8) is 0 Å². The minimum absolute atomic E-state index is 0.0945. The first-order valence-corrected chi connectivity index (χ1v) is 9.19. The predicted molar refractivity (Wildman–Crippen MR) is 102 cm³/mol. The number of amides is 4. The predicted octanol–water partition coefficient (Wildman–Crippen LogP) is 2.95. The van der Waals surface area contributed by atoms with Crippen molar-refractivity contribution in [1.29, 1.82) is 0 Å². The first-order chi connectivity index (χ1) is 12.4. The highest BCUT2D eigenvalue weighted by Crippen LogP contribution is 2.29. The van der Waals surface area contributed by atoms with E-state index in [4.69, 9.17) is 4.74 Å². The molecule has 1 unspecified atom stereocenters. The van der Waals surface area contributed by atoms with E-state index in [-0.39, 0.29) is 17.7 Å². The van der Waals surface area contributed by atoms with E-state index in [1.54, 1.807) is 12.0 Å². The standard InChI is InChI=1S/C19H28N4O3/c1-14-15(6-4-7-16(14)23-13-10-20-17(23)24)21-18(25)22-11-5-8-19(2,26-3)9-12-22/h4,6-7H,5,8-13H2,1-3H3,(H,20,24)(H,21,25). The SMILES string of the molecule is COC1(C)CCCN(C(=O)Nc2cccc(N3CCNC3=O)c2C)CC1. The molecule has 2 N–H and O–H groups in total. The smallest absolute Gasteiger partial charge is 0.322 e. The summed E-state index contributed by atoms with van der Waals surface area (Å²) < 4.78 is 5.61. The molecule has 3 rings (SSSR count). The quantitative estimate of drug-likeness (QED) is 0.870. The lowest BCUT2D eigenvalue weighted by Gasteiger charge is -2.27. The van der Waals surface area contributed by atoms with Crippen LogP contribution in [0.25, 0.3) is 0 Å². The Labute approximate surface area is 154 Å². The van der Waals surface area contributed by atoms with E-state index in [0.717, 1.165) is 42.7 Å².